The summed E-state index contributed by atoms with van der Waals surface area (Å²) in [6.45, 7) is 1.17. The summed E-state index contributed by atoms with van der Waals surface area (Å²) in [5, 5.41) is 1.95. The molecule has 27 heavy (non-hydrogen) atoms. The number of carbonyl (C=O) groups is 1. The summed E-state index contributed by atoms with van der Waals surface area (Å²) in [7, 11) is 2.20. The topological polar surface area (TPSA) is 36.1 Å². The van der Waals surface area contributed by atoms with Gasteiger partial charge in [0.05, 0.1) is 10.0 Å². The Kier molecular flexibility index (Phi) is 5.27. The molecule has 2 heterocycles. The summed E-state index contributed by atoms with van der Waals surface area (Å²) in [5.74, 6) is -0.0190. The Morgan fingerprint density at radius 1 is 1.26 bits per heavy atom. The number of aromatic amines is 1. The average Bonchev–Trinajstić information content (AvgIpc) is 3.24. The minimum atomic E-state index is -0.0190. The van der Waals surface area contributed by atoms with Gasteiger partial charge in [-0.15, -0.1) is 0 Å². The lowest BCUT2D eigenvalue weighted by Gasteiger charge is -2.18. The molecule has 3 nitrogen and oxygen atoms in total. The SMILES string of the molecule is CN1CCCC1Cc1c[nH]c2ccc(CC(=O)c3cccc(Cl)c3Cl)cc12. The third-order valence-electron chi connectivity index (χ3n) is 5.58. The first-order valence-electron chi connectivity index (χ1n) is 9.29. The van der Waals surface area contributed by atoms with Gasteiger partial charge in [0, 0.05) is 35.1 Å². The monoisotopic (exact) mass is 400 g/mol. The van der Waals surface area contributed by atoms with E-state index in [1.165, 1.54) is 30.3 Å². The van der Waals surface area contributed by atoms with Crippen LogP contribution in [-0.4, -0.2) is 35.3 Å². The lowest BCUT2D eigenvalue weighted by molar-refractivity contribution is 0.0993. The second-order valence-electron chi connectivity index (χ2n) is 7.38. The van der Waals surface area contributed by atoms with Crippen LogP contribution >= 0.6 is 23.2 Å². The Hall–Kier alpha value is -1.81. The summed E-state index contributed by atoms with van der Waals surface area (Å²) in [5.41, 5.74) is 3.90. The second-order valence-corrected chi connectivity index (χ2v) is 8.16. The predicted molar refractivity (Wildman–Crippen MR) is 112 cm³/mol. The fraction of sp³-hybridized carbons (Fsp3) is 0.318. The number of Topliss-reactive ketones (excluding diaryl/α,β-unsaturated/α-hetero) is 1. The van der Waals surface area contributed by atoms with Crippen LogP contribution in [0.3, 0.4) is 0 Å². The number of likely N-dealkylation sites (N-methyl/N-ethyl adjacent to an activating group) is 1. The van der Waals surface area contributed by atoms with Crippen molar-refractivity contribution in [3.63, 3.8) is 0 Å². The number of benzene rings is 2. The van der Waals surface area contributed by atoms with Gasteiger partial charge >= 0.3 is 0 Å². The number of carbonyl (C=O) groups excluding carboxylic acids is 1. The average molecular weight is 401 g/mol. The molecule has 1 N–H and O–H groups in total. The number of H-pyrrole nitrogens is 1. The Morgan fingerprint density at radius 3 is 2.89 bits per heavy atom. The van der Waals surface area contributed by atoms with Gasteiger partial charge < -0.3 is 9.88 Å². The van der Waals surface area contributed by atoms with Crippen molar-refractivity contribution in [2.75, 3.05) is 13.6 Å². The maximum atomic E-state index is 12.7. The quantitative estimate of drug-likeness (QED) is 0.570. The molecule has 4 rings (SSSR count). The van der Waals surface area contributed by atoms with Crippen LogP contribution in [0, 0.1) is 0 Å². The largest absolute Gasteiger partial charge is 0.361 e. The number of likely N-dealkylation sites (tertiary alicyclic amines) is 1. The van der Waals surface area contributed by atoms with Crippen LogP contribution in [0.5, 0.6) is 0 Å². The van der Waals surface area contributed by atoms with Crippen LogP contribution in [0.1, 0.15) is 34.3 Å². The van der Waals surface area contributed by atoms with E-state index in [1.807, 2.05) is 6.07 Å². The van der Waals surface area contributed by atoms with Gasteiger partial charge in [0.25, 0.3) is 0 Å². The Bertz CT molecular complexity index is 995. The van der Waals surface area contributed by atoms with Crippen molar-refractivity contribution in [1.82, 2.24) is 9.88 Å². The molecule has 3 aromatic rings. The number of halogens is 2. The molecule has 0 spiro atoms. The molecule has 0 radical (unpaired) electrons. The van der Waals surface area contributed by atoms with Crippen LogP contribution in [-0.2, 0) is 12.8 Å². The van der Waals surface area contributed by atoms with Crippen LogP contribution in [0.2, 0.25) is 10.0 Å². The third kappa shape index (κ3) is 3.77. The van der Waals surface area contributed by atoms with Crippen molar-refractivity contribution in [3.05, 3.63) is 69.3 Å². The number of hydrogen-bond acceptors (Lipinski definition) is 2. The molecule has 140 valence electrons. The van der Waals surface area contributed by atoms with Crippen molar-refractivity contribution in [2.45, 2.75) is 31.7 Å². The van der Waals surface area contributed by atoms with Crippen molar-refractivity contribution < 1.29 is 4.79 Å². The number of rotatable bonds is 5. The maximum Gasteiger partial charge on any atom is 0.168 e. The normalized spacial score (nSPS) is 17.7. The fourth-order valence-electron chi connectivity index (χ4n) is 4.00. The van der Waals surface area contributed by atoms with Gasteiger partial charge in [0.2, 0.25) is 0 Å². The number of ketones is 1. The van der Waals surface area contributed by atoms with E-state index in [9.17, 15) is 4.79 Å². The highest BCUT2D eigenvalue weighted by Crippen LogP contribution is 2.28. The lowest BCUT2D eigenvalue weighted by Crippen LogP contribution is -2.26. The van der Waals surface area contributed by atoms with E-state index < -0.39 is 0 Å². The minimum Gasteiger partial charge on any atom is -0.361 e. The Morgan fingerprint density at radius 2 is 2.11 bits per heavy atom. The number of fused-ring (bicyclic) bond motifs is 1. The van der Waals surface area contributed by atoms with Crippen molar-refractivity contribution in [1.29, 1.82) is 0 Å². The van der Waals surface area contributed by atoms with Crippen molar-refractivity contribution in [2.24, 2.45) is 0 Å². The van der Waals surface area contributed by atoms with Gasteiger partial charge in [-0.1, -0.05) is 35.3 Å². The van der Waals surface area contributed by atoms with Gasteiger partial charge in [-0.05, 0) is 68.2 Å². The van der Waals surface area contributed by atoms with Gasteiger partial charge in [0.1, 0.15) is 0 Å². The van der Waals surface area contributed by atoms with E-state index in [4.69, 9.17) is 23.2 Å². The summed E-state index contributed by atoms with van der Waals surface area (Å²) in [6, 6.07) is 12.0. The Labute approximate surface area is 169 Å². The van der Waals surface area contributed by atoms with E-state index in [2.05, 4.69) is 35.3 Å². The smallest absolute Gasteiger partial charge is 0.168 e. The molecule has 5 heteroatoms. The van der Waals surface area contributed by atoms with Gasteiger partial charge in [0.15, 0.2) is 5.78 Å². The van der Waals surface area contributed by atoms with Crippen LogP contribution in [0.4, 0.5) is 0 Å². The van der Waals surface area contributed by atoms with Gasteiger partial charge in [-0.2, -0.15) is 0 Å². The first kappa shape index (κ1) is 18.5. The molecular formula is C22H22Cl2N2O. The first-order chi connectivity index (χ1) is 13.0. The van der Waals surface area contributed by atoms with Crippen molar-refractivity contribution in [3.8, 4) is 0 Å². The molecule has 0 saturated carbocycles. The zero-order chi connectivity index (χ0) is 19.0. The number of aromatic nitrogens is 1. The highest BCUT2D eigenvalue weighted by molar-refractivity contribution is 6.43. The molecule has 0 amide bonds. The number of nitrogens with one attached hydrogen (secondary N) is 1. The number of nitrogens with zero attached hydrogens (tertiary/aromatic N) is 1. The summed E-state index contributed by atoms with van der Waals surface area (Å²) >= 11 is 12.2. The minimum absolute atomic E-state index is 0.0190. The molecule has 1 fully saturated rings. The zero-order valence-electron chi connectivity index (χ0n) is 15.3. The van der Waals surface area contributed by atoms with E-state index in [0.29, 0.717) is 28.1 Å². The molecule has 2 aromatic carbocycles. The molecular weight excluding hydrogens is 379 g/mol. The van der Waals surface area contributed by atoms with Crippen molar-refractivity contribution >= 4 is 39.9 Å². The molecule has 0 aliphatic carbocycles. The molecule has 0 bridgehead atoms. The molecule has 1 aliphatic rings. The second kappa shape index (κ2) is 7.67. The maximum absolute atomic E-state index is 12.7. The van der Waals surface area contributed by atoms with Gasteiger partial charge in [-0.25, -0.2) is 0 Å². The molecule has 1 aliphatic heterocycles. The lowest BCUT2D eigenvalue weighted by atomic mass is 9.99. The molecule has 1 saturated heterocycles. The molecule has 1 unspecified atom stereocenters. The number of hydrogen-bond donors (Lipinski definition) is 1. The predicted octanol–water partition coefficient (Wildman–Crippen LogP) is 5.54. The standard InChI is InChI=1S/C22H22Cl2N2O/c1-26-9-3-4-16(26)12-15-13-25-20-8-7-14(10-18(15)20)11-21(27)17-5-2-6-19(23)22(17)24/h2,5-8,10,13,16,25H,3-4,9,11-12H2,1H3. The Balaban J connectivity index is 1.58. The highest BCUT2D eigenvalue weighted by Gasteiger charge is 2.22. The van der Waals surface area contributed by atoms with Crippen LogP contribution in [0.15, 0.2) is 42.6 Å². The van der Waals surface area contributed by atoms with E-state index in [0.717, 1.165) is 17.5 Å². The zero-order valence-corrected chi connectivity index (χ0v) is 16.8. The molecule has 1 aromatic heterocycles. The highest BCUT2D eigenvalue weighted by atomic mass is 35.5. The van der Waals surface area contributed by atoms with Crippen LogP contribution in [0.25, 0.3) is 10.9 Å². The van der Waals surface area contributed by atoms with Gasteiger partial charge in [-0.3, -0.25) is 4.79 Å². The first-order valence-corrected chi connectivity index (χ1v) is 10.0. The van der Waals surface area contributed by atoms with E-state index in [-0.39, 0.29) is 5.78 Å². The summed E-state index contributed by atoms with van der Waals surface area (Å²) in [6.07, 6.45) is 5.96. The van der Waals surface area contributed by atoms with E-state index in [1.54, 1.807) is 18.2 Å². The summed E-state index contributed by atoms with van der Waals surface area (Å²) in [4.78, 5) is 18.5. The summed E-state index contributed by atoms with van der Waals surface area (Å²) < 4.78 is 0. The van der Waals surface area contributed by atoms with Crippen LogP contribution < -0.4 is 0 Å². The fourth-order valence-corrected chi connectivity index (χ4v) is 4.40. The third-order valence-corrected chi connectivity index (χ3v) is 6.39. The van der Waals surface area contributed by atoms with E-state index >= 15 is 0 Å². The molecule has 1 atom stereocenters.